The molecule has 33 heavy (non-hydrogen) atoms. The Hall–Kier alpha value is -2.85. The number of rotatable bonds is 7. The van der Waals surface area contributed by atoms with Crippen molar-refractivity contribution in [2.24, 2.45) is 0 Å². The number of ether oxygens (including phenoxy) is 1. The summed E-state index contributed by atoms with van der Waals surface area (Å²) in [5, 5.41) is 9.01. The summed E-state index contributed by atoms with van der Waals surface area (Å²) in [7, 11) is 1.74. The molecule has 9 nitrogen and oxygen atoms in total. The first kappa shape index (κ1) is 22.0. The minimum absolute atomic E-state index is 0.0414. The normalized spacial score (nSPS) is 27.5. The van der Waals surface area contributed by atoms with E-state index in [1.54, 1.807) is 30.1 Å². The highest BCUT2D eigenvalue weighted by Gasteiger charge is 2.65. The predicted octanol–water partition coefficient (Wildman–Crippen LogP) is 2.25. The molecule has 0 spiro atoms. The number of nitrogens with one attached hydrogen (secondary N) is 3. The molecule has 0 unspecified atom stereocenters. The highest BCUT2D eigenvalue weighted by Crippen LogP contribution is 2.48. The maximum Gasteiger partial charge on any atom is 0.319 e. The molecule has 1 saturated carbocycles. The van der Waals surface area contributed by atoms with Crippen LogP contribution in [0, 0.1) is 0 Å². The number of nitrogens with zero attached hydrogens (tertiary/aromatic N) is 2. The molecule has 174 valence electrons. The first-order valence-electron chi connectivity index (χ1n) is 11.1. The van der Waals surface area contributed by atoms with Gasteiger partial charge in [-0.15, -0.1) is 0 Å². The second kappa shape index (κ2) is 8.49. The van der Waals surface area contributed by atoms with Gasteiger partial charge in [-0.05, 0) is 53.0 Å². The van der Waals surface area contributed by atoms with Crippen LogP contribution < -0.4 is 16.0 Å². The fourth-order valence-corrected chi connectivity index (χ4v) is 5.81. The Bertz CT molecular complexity index is 1090. The van der Waals surface area contributed by atoms with Crippen LogP contribution in [0.15, 0.2) is 47.1 Å². The lowest BCUT2D eigenvalue weighted by molar-refractivity contribution is -0.118. The van der Waals surface area contributed by atoms with Crippen molar-refractivity contribution in [3.05, 3.63) is 58.3 Å². The molecular weight excluding hydrogens is 490 g/mol. The average Bonchev–Trinajstić information content (AvgIpc) is 3.42. The number of urea groups is 1. The van der Waals surface area contributed by atoms with Gasteiger partial charge >= 0.3 is 6.03 Å². The summed E-state index contributed by atoms with van der Waals surface area (Å²) in [6.45, 7) is 0.978. The fourth-order valence-electron chi connectivity index (χ4n) is 5.22. The number of carbonyl (C=O) groups excluding carboxylic acids is 3. The molecule has 2 aliphatic heterocycles. The van der Waals surface area contributed by atoms with Crippen molar-refractivity contribution in [3.63, 3.8) is 0 Å². The van der Waals surface area contributed by atoms with Gasteiger partial charge in [0.2, 0.25) is 0 Å². The van der Waals surface area contributed by atoms with Gasteiger partial charge in [0.05, 0.1) is 16.7 Å². The van der Waals surface area contributed by atoms with E-state index < -0.39 is 5.72 Å². The molecule has 2 fully saturated rings. The number of unbranched alkanes of at least 4 members (excludes halogenated alkanes) is 1. The van der Waals surface area contributed by atoms with Crippen molar-refractivity contribution in [2.75, 3.05) is 20.2 Å². The molecule has 0 bridgehead atoms. The van der Waals surface area contributed by atoms with Gasteiger partial charge in [0.25, 0.3) is 11.8 Å². The van der Waals surface area contributed by atoms with Crippen LogP contribution in [-0.2, 0) is 4.74 Å². The Labute approximate surface area is 200 Å². The first-order valence-corrected chi connectivity index (χ1v) is 11.9. The second-order valence-corrected chi connectivity index (χ2v) is 9.50. The van der Waals surface area contributed by atoms with Gasteiger partial charge in [0.1, 0.15) is 11.7 Å². The minimum atomic E-state index is -0.849. The summed E-state index contributed by atoms with van der Waals surface area (Å²) in [4.78, 5) is 38.9. The third kappa shape index (κ3) is 3.61. The zero-order valence-electron chi connectivity index (χ0n) is 18.2. The molecule has 5 rings (SSSR count). The number of halogens is 1. The van der Waals surface area contributed by atoms with Gasteiger partial charge in [0, 0.05) is 32.2 Å². The van der Waals surface area contributed by atoms with Crippen molar-refractivity contribution in [3.8, 4) is 0 Å². The maximum atomic E-state index is 12.6. The van der Waals surface area contributed by atoms with Crippen molar-refractivity contribution in [2.45, 2.75) is 43.1 Å². The summed E-state index contributed by atoms with van der Waals surface area (Å²) < 4.78 is 9.22. The molecule has 3 heterocycles. The van der Waals surface area contributed by atoms with Gasteiger partial charge in [-0.25, -0.2) is 4.79 Å². The summed E-state index contributed by atoms with van der Waals surface area (Å²) in [5.74, 6) is -0.250. The molecule has 4 atom stereocenters. The quantitative estimate of drug-likeness (QED) is 0.491. The third-order valence-electron chi connectivity index (χ3n) is 6.89. The number of benzene rings is 1. The zero-order chi connectivity index (χ0) is 23.2. The zero-order valence-corrected chi connectivity index (χ0v) is 19.8. The van der Waals surface area contributed by atoms with E-state index in [4.69, 9.17) is 4.74 Å². The summed E-state index contributed by atoms with van der Waals surface area (Å²) in [6.07, 6.45) is 2.04. The molecule has 10 heteroatoms. The van der Waals surface area contributed by atoms with Crippen LogP contribution in [0.3, 0.4) is 0 Å². The van der Waals surface area contributed by atoms with Gasteiger partial charge in [-0.2, -0.15) is 0 Å². The second-order valence-electron chi connectivity index (χ2n) is 8.69. The number of carbonyl (C=O) groups is 3. The molecule has 1 aromatic carbocycles. The number of hydrogen-bond acceptors (Lipinski definition) is 4. The molecule has 2 aromatic rings. The highest BCUT2D eigenvalue weighted by molar-refractivity contribution is 9.10. The topological polar surface area (TPSA) is 105 Å². The predicted molar refractivity (Wildman–Crippen MR) is 124 cm³/mol. The summed E-state index contributed by atoms with van der Waals surface area (Å²) >= 11 is 3.56. The molecule has 1 saturated heterocycles. The third-order valence-corrected chi connectivity index (χ3v) is 7.53. The molecule has 1 aromatic heterocycles. The molecular formula is C23H26BrN5O4. The number of fused-ring (bicyclic) bond motifs is 5. The van der Waals surface area contributed by atoms with E-state index in [1.165, 1.54) is 0 Å². The maximum absolute atomic E-state index is 12.6. The minimum Gasteiger partial charge on any atom is -0.353 e. The van der Waals surface area contributed by atoms with Crippen LogP contribution in [-0.4, -0.2) is 65.3 Å². The van der Waals surface area contributed by atoms with Crippen molar-refractivity contribution < 1.29 is 19.1 Å². The SMILES string of the molecule is CN1C(=O)N[C@H]2[C@@H]3NC(=O)c4ccc(Br)n4[C@@H]3C[C@]21OCCCCNC(=O)c1ccccc1. The van der Waals surface area contributed by atoms with Crippen LogP contribution in [0.4, 0.5) is 4.79 Å². The van der Waals surface area contributed by atoms with Gasteiger partial charge < -0.3 is 25.3 Å². The Morgan fingerprint density at radius 3 is 2.76 bits per heavy atom. The lowest BCUT2D eigenvalue weighted by Gasteiger charge is -2.35. The number of hydrogen-bond donors (Lipinski definition) is 3. The Balaban J connectivity index is 1.22. The fraction of sp³-hybridized carbons (Fsp3) is 0.435. The van der Waals surface area contributed by atoms with E-state index in [-0.39, 0.29) is 36.0 Å². The van der Waals surface area contributed by atoms with E-state index in [1.807, 2.05) is 28.8 Å². The van der Waals surface area contributed by atoms with Crippen LogP contribution in [0.5, 0.6) is 0 Å². The van der Waals surface area contributed by atoms with E-state index in [0.717, 1.165) is 17.4 Å². The van der Waals surface area contributed by atoms with E-state index in [9.17, 15) is 14.4 Å². The van der Waals surface area contributed by atoms with Crippen LogP contribution in [0.2, 0.25) is 0 Å². The Morgan fingerprint density at radius 2 is 1.97 bits per heavy atom. The van der Waals surface area contributed by atoms with E-state index in [2.05, 4.69) is 31.9 Å². The monoisotopic (exact) mass is 515 g/mol. The molecule has 4 amide bonds. The van der Waals surface area contributed by atoms with Gasteiger partial charge in [-0.3, -0.25) is 14.5 Å². The molecule has 3 N–H and O–H groups in total. The summed E-state index contributed by atoms with van der Waals surface area (Å²) in [6, 6.07) is 11.9. The molecule has 0 radical (unpaired) electrons. The van der Waals surface area contributed by atoms with Crippen molar-refractivity contribution >= 4 is 33.8 Å². The van der Waals surface area contributed by atoms with Gasteiger partial charge in [-0.1, -0.05) is 18.2 Å². The Morgan fingerprint density at radius 1 is 1.18 bits per heavy atom. The number of aromatic nitrogens is 1. The van der Waals surface area contributed by atoms with Crippen LogP contribution in [0.1, 0.15) is 46.2 Å². The smallest absolute Gasteiger partial charge is 0.319 e. The molecule has 1 aliphatic carbocycles. The van der Waals surface area contributed by atoms with E-state index in [0.29, 0.717) is 30.8 Å². The average molecular weight is 516 g/mol. The lowest BCUT2D eigenvalue weighted by Crippen LogP contribution is -2.57. The van der Waals surface area contributed by atoms with Crippen molar-refractivity contribution in [1.29, 1.82) is 0 Å². The number of likely N-dealkylation sites (N-methyl/N-ethyl adjacent to an activating group) is 1. The Kier molecular flexibility index (Phi) is 5.65. The standard InChI is InChI=1S/C23H26BrN5O4/c1-28-22(32)27-19-18-16(29-15(21(31)26-18)9-10-17(29)24)13-23(19,28)33-12-6-5-11-25-20(30)14-7-3-2-4-8-14/h2-4,7-10,16,18-19H,5-6,11-13H2,1H3,(H,25,30)(H,26,31)(H,27,32)/t16-,18-,19+,23+/m1/s1. The largest absolute Gasteiger partial charge is 0.353 e. The first-order chi connectivity index (χ1) is 15.9. The molecule has 3 aliphatic rings. The van der Waals surface area contributed by atoms with E-state index >= 15 is 0 Å². The summed E-state index contributed by atoms with van der Waals surface area (Å²) in [5.41, 5.74) is 0.387. The van der Waals surface area contributed by atoms with Crippen molar-refractivity contribution in [1.82, 2.24) is 25.4 Å². The van der Waals surface area contributed by atoms with Crippen LogP contribution >= 0.6 is 15.9 Å². The lowest BCUT2D eigenvalue weighted by atomic mass is 10.0. The number of amides is 4. The van der Waals surface area contributed by atoms with Gasteiger partial charge in [0.15, 0.2) is 5.72 Å². The van der Waals surface area contributed by atoms with Crippen LogP contribution in [0.25, 0.3) is 0 Å². The highest BCUT2D eigenvalue weighted by atomic mass is 79.9.